The van der Waals surface area contributed by atoms with Crippen molar-refractivity contribution in [1.29, 1.82) is 0 Å². The Hall–Kier alpha value is -1.40. The molecule has 0 bridgehead atoms. The standard InChI is InChI=1S/C15H23N3O3/c1-17-9-11(8-16-17)15(19)18-6-7-21-10-13(18)12-4-3-5-14(12)20-2/h8-9,12-14H,3-7,10H2,1-2H3. The highest BCUT2D eigenvalue weighted by Gasteiger charge is 2.40. The van der Waals surface area contributed by atoms with Crippen LogP contribution < -0.4 is 0 Å². The maximum Gasteiger partial charge on any atom is 0.257 e. The van der Waals surface area contributed by atoms with Crippen molar-refractivity contribution in [2.45, 2.75) is 31.4 Å². The smallest absolute Gasteiger partial charge is 0.257 e. The molecule has 0 aromatic carbocycles. The van der Waals surface area contributed by atoms with E-state index in [9.17, 15) is 4.79 Å². The normalized spacial score (nSPS) is 29.8. The van der Waals surface area contributed by atoms with E-state index in [2.05, 4.69) is 5.10 Å². The molecular formula is C15H23N3O3. The second-order valence-electron chi connectivity index (χ2n) is 5.91. The number of rotatable bonds is 3. The molecule has 1 saturated carbocycles. The number of carbonyl (C=O) groups is 1. The van der Waals surface area contributed by atoms with Gasteiger partial charge in [0.05, 0.1) is 37.1 Å². The molecule has 3 atom stereocenters. The summed E-state index contributed by atoms with van der Waals surface area (Å²) in [5, 5.41) is 4.10. The van der Waals surface area contributed by atoms with Gasteiger partial charge in [-0.2, -0.15) is 5.10 Å². The van der Waals surface area contributed by atoms with Gasteiger partial charge in [-0.3, -0.25) is 9.48 Å². The molecule has 3 unspecified atom stereocenters. The van der Waals surface area contributed by atoms with E-state index in [1.807, 2.05) is 11.9 Å². The van der Waals surface area contributed by atoms with Crippen molar-refractivity contribution in [1.82, 2.24) is 14.7 Å². The molecule has 2 aliphatic rings. The number of carbonyl (C=O) groups excluding carboxylic acids is 1. The molecule has 3 rings (SSSR count). The fourth-order valence-corrected chi connectivity index (χ4v) is 3.61. The summed E-state index contributed by atoms with van der Waals surface area (Å²) in [7, 11) is 3.59. The molecule has 0 spiro atoms. The first-order chi connectivity index (χ1) is 10.2. The molecule has 1 aliphatic carbocycles. The number of ether oxygens (including phenoxy) is 2. The average Bonchev–Trinajstić information content (AvgIpc) is 3.15. The minimum absolute atomic E-state index is 0.0538. The van der Waals surface area contributed by atoms with Crippen LogP contribution in [0.5, 0.6) is 0 Å². The van der Waals surface area contributed by atoms with Crippen LogP contribution in [0.25, 0.3) is 0 Å². The Morgan fingerprint density at radius 3 is 3.05 bits per heavy atom. The molecule has 1 saturated heterocycles. The third-order valence-electron chi connectivity index (χ3n) is 4.68. The van der Waals surface area contributed by atoms with E-state index in [0.717, 1.165) is 19.3 Å². The number of hydrogen-bond acceptors (Lipinski definition) is 4. The zero-order chi connectivity index (χ0) is 14.8. The van der Waals surface area contributed by atoms with Gasteiger partial charge in [-0.1, -0.05) is 6.42 Å². The number of morpholine rings is 1. The molecule has 0 radical (unpaired) electrons. The first kappa shape index (κ1) is 14.5. The highest BCUT2D eigenvalue weighted by Crippen LogP contribution is 2.34. The maximum absolute atomic E-state index is 12.8. The lowest BCUT2D eigenvalue weighted by molar-refractivity contribution is -0.0460. The first-order valence-corrected chi connectivity index (χ1v) is 7.61. The largest absolute Gasteiger partial charge is 0.381 e. The monoisotopic (exact) mass is 293 g/mol. The maximum atomic E-state index is 12.8. The van der Waals surface area contributed by atoms with Gasteiger partial charge in [0, 0.05) is 32.8 Å². The lowest BCUT2D eigenvalue weighted by Gasteiger charge is -2.40. The molecule has 116 valence electrons. The van der Waals surface area contributed by atoms with Crippen LogP contribution in [0.3, 0.4) is 0 Å². The minimum Gasteiger partial charge on any atom is -0.381 e. The molecule has 21 heavy (non-hydrogen) atoms. The van der Waals surface area contributed by atoms with Crippen molar-refractivity contribution in [3.63, 3.8) is 0 Å². The zero-order valence-corrected chi connectivity index (χ0v) is 12.7. The second-order valence-corrected chi connectivity index (χ2v) is 5.91. The van der Waals surface area contributed by atoms with E-state index >= 15 is 0 Å². The summed E-state index contributed by atoms with van der Waals surface area (Å²) in [5.41, 5.74) is 0.649. The number of aryl methyl sites for hydroxylation is 1. The third-order valence-corrected chi connectivity index (χ3v) is 4.68. The van der Waals surface area contributed by atoms with Gasteiger partial charge >= 0.3 is 0 Å². The molecular weight excluding hydrogens is 270 g/mol. The predicted octanol–water partition coefficient (Wildman–Crippen LogP) is 1.08. The fraction of sp³-hybridized carbons (Fsp3) is 0.733. The Morgan fingerprint density at radius 1 is 1.48 bits per heavy atom. The SMILES string of the molecule is COC1CCCC1C1COCCN1C(=O)c1cnn(C)c1. The van der Waals surface area contributed by atoms with E-state index in [1.165, 1.54) is 0 Å². The van der Waals surface area contributed by atoms with Gasteiger partial charge in [-0.05, 0) is 12.8 Å². The van der Waals surface area contributed by atoms with Gasteiger partial charge < -0.3 is 14.4 Å². The van der Waals surface area contributed by atoms with Gasteiger partial charge in [0.2, 0.25) is 0 Å². The van der Waals surface area contributed by atoms with Gasteiger partial charge in [0.15, 0.2) is 0 Å². The lowest BCUT2D eigenvalue weighted by Crippen LogP contribution is -2.53. The molecule has 1 aromatic rings. The summed E-state index contributed by atoms with van der Waals surface area (Å²) in [5.74, 6) is 0.425. The van der Waals surface area contributed by atoms with Gasteiger partial charge in [-0.15, -0.1) is 0 Å². The van der Waals surface area contributed by atoms with Crippen LogP contribution in [-0.4, -0.2) is 59.6 Å². The van der Waals surface area contributed by atoms with Crippen LogP contribution in [0.15, 0.2) is 12.4 Å². The Morgan fingerprint density at radius 2 is 2.33 bits per heavy atom. The van der Waals surface area contributed by atoms with Crippen LogP contribution in [0.1, 0.15) is 29.6 Å². The van der Waals surface area contributed by atoms with Crippen LogP contribution in [0, 0.1) is 5.92 Å². The molecule has 1 aromatic heterocycles. The van der Waals surface area contributed by atoms with Crippen LogP contribution in [-0.2, 0) is 16.5 Å². The summed E-state index contributed by atoms with van der Waals surface area (Å²) >= 11 is 0. The predicted molar refractivity (Wildman–Crippen MR) is 77.0 cm³/mol. The highest BCUT2D eigenvalue weighted by atomic mass is 16.5. The molecule has 1 aliphatic heterocycles. The summed E-state index contributed by atoms with van der Waals surface area (Å²) in [6, 6.07) is 0.110. The van der Waals surface area contributed by atoms with Crippen molar-refractivity contribution in [2.24, 2.45) is 13.0 Å². The second kappa shape index (κ2) is 6.15. The van der Waals surface area contributed by atoms with E-state index in [-0.39, 0.29) is 18.1 Å². The van der Waals surface area contributed by atoms with Gasteiger partial charge in [0.25, 0.3) is 5.91 Å². The molecule has 0 N–H and O–H groups in total. The molecule has 2 fully saturated rings. The van der Waals surface area contributed by atoms with E-state index in [1.54, 1.807) is 24.2 Å². The Labute approximate surface area is 125 Å². The number of aromatic nitrogens is 2. The minimum atomic E-state index is 0.0538. The molecule has 6 nitrogen and oxygen atoms in total. The van der Waals surface area contributed by atoms with Gasteiger partial charge in [0.1, 0.15) is 0 Å². The van der Waals surface area contributed by atoms with Crippen LogP contribution in [0.2, 0.25) is 0 Å². The quantitative estimate of drug-likeness (QED) is 0.836. The average molecular weight is 293 g/mol. The van der Waals surface area contributed by atoms with Crippen molar-refractivity contribution in [3.05, 3.63) is 18.0 Å². The fourth-order valence-electron chi connectivity index (χ4n) is 3.61. The Bertz CT molecular complexity index is 502. The lowest BCUT2D eigenvalue weighted by atomic mass is 9.93. The van der Waals surface area contributed by atoms with Crippen LogP contribution in [0.4, 0.5) is 0 Å². The third kappa shape index (κ3) is 2.82. The molecule has 1 amide bonds. The number of hydrogen-bond donors (Lipinski definition) is 0. The Balaban J connectivity index is 1.79. The van der Waals surface area contributed by atoms with E-state index in [4.69, 9.17) is 9.47 Å². The van der Waals surface area contributed by atoms with Crippen molar-refractivity contribution >= 4 is 5.91 Å². The van der Waals surface area contributed by atoms with Crippen molar-refractivity contribution in [2.75, 3.05) is 26.9 Å². The molecule has 2 heterocycles. The van der Waals surface area contributed by atoms with E-state index < -0.39 is 0 Å². The zero-order valence-electron chi connectivity index (χ0n) is 12.7. The number of methoxy groups -OCH3 is 1. The molecule has 6 heteroatoms. The van der Waals surface area contributed by atoms with Crippen LogP contribution >= 0.6 is 0 Å². The summed E-state index contributed by atoms with van der Waals surface area (Å²) < 4.78 is 12.9. The highest BCUT2D eigenvalue weighted by molar-refractivity contribution is 5.94. The number of nitrogens with zero attached hydrogens (tertiary/aromatic N) is 3. The topological polar surface area (TPSA) is 56.6 Å². The summed E-state index contributed by atoms with van der Waals surface area (Å²) in [4.78, 5) is 14.7. The van der Waals surface area contributed by atoms with Crippen molar-refractivity contribution in [3.8, 4) is 0 Å². The Kier molecular flexibility index (Phi) is 4.26. The summed E-state index contributed by atoms with van der Waals surface area (Å²) in [6.07, 6.45) is 6.99. The van der Waals surface area contributed by atoms with Gasteiger partial charge in [-0.25, -0.2) is 0 Å². The first-order valence-electron chi connectivity index (χ1n) is 7.61. The summed E-state index contributed by atoms with van der Waals surface area (Å²) in [6.45, 7) is 1.86. The van der Waals surface area contributed by atoms with Crippen molar-refractivity contribution < 1.29 is 14.3 Å². The number of amides is 1. The van der Waals surface area contributed by atoms with E-state index in [0.29, 0.717) is 31.2 Å².